The first-order valence-electron chi connectivity index (χ1n) is 28.2. The number of hydrogen-bond donors (Lipinski definition) is 3. The van der Waals surface area contributed by atoms with Gasteiger partial charge >= 0.3 is 18.1 Å². The lowest BCUT2D eigenvalue weighted by Gasteiger charge is -2.49. The average Bonchev–Trinajstić information content (AvgIpc) is 3.71. The van der Waals surface area contributed by atoms with Crippen LogP contribution >= 0.6 is 0 Å². The fourth-order valence-electron chi connectivity index (χ4n) is 13.2. The summed E-state index contributed by atoms with van der Waals surface area (Å²) in [6.07, 6.45) is -6.47. The van der Waals surface area contributed by atoms with Gasteiger partial charge in [0, 0.05) is 94.6 Å². The molecule has 0 saturated carbocycles. The van der Waals surface area contributed by atoms with E-state index in [-0.39, 0.29) is 42.5 Å². The van der Waals surface area contributed by atoms with Crippen LogP contribution in [0.5, 0.6) is 0 Å². The zero-order chi connectivity index (χ0) is 57.3. The van der Waals surface area contributed by atoms with Crippen LogP contribution in [-0.2, 0) is 54.0 Å². The summed E-state index contributed by atoms with van der Waals surface area (Å²) in [6, 6.07) is 4.99. The van der Waals surface area contributed by atoms with Gasteiger partial charge in [-0.3, -0.25) is 19.4 Å². The third kappa shape index (κ3) is 13.0. The molecule has 3 N–H and O–H groups in total. The summed E-state index contributed by atoms with van der Waals surface area (Å²) in [7, 11) is 7.34. The number of carboxylic acids is 1. The van der Waals surface area contributed by atoms with Gasteiger partial charge in [0.25, 0.3) is 0 Å². The summed E-state index contributed by atoms with van der Waals surface area (Å²) < 4.78 is 59.9. The van der Waals surface area contributed by atoms with E-state index >= 15 is 0 Å². The lowest BCUT2D eigenvalue weighted by atomic mass is 9.77. The highest BCUT2D eigenvalue weighted by atomic mass is 16.8. The first-order valence-corrected chi connectivity index (χ1v) is 28.2. The molecule has 1 aromatic heterocycles. The number of anilines is 1. The third-order valence-corrected chi connectivity index (χ3v) is 17.7. The molecule has 7 rings (SSSR count). The molecule has 21 heteroatoms. The lowest BCUT2D eigenvalue weighted by molar-refractivity contribution is -0.320. The van der Waals surface area contributed by atoms with Gasteiger partial charge in [0.1, 0.15) is 23.9 Å². The van der Waals surface area contributed by atoms with Crippen LogP contribution < -0.4 is 10.3 Å². The number of likely N-dealkylation sites (N-methyl/N-ethyl adjacent to an activating group) is 2. The molecule has 0 unspecified atom stereocenters. The minimum atomic E-state index is -1.59. The largest absolute Gasteiger partial charge is 0.509 e. The Hall–Kier alpha value is -4.00. The van der Waals surface area contributed by atoms with Crippen molar-refractivity contribution in [3.05, 3.63) is 40.2 Å². The number of hydrogen-bond acceptors (Lipinski definition) is 19. The van der Waals surface area contributed by atoms with Gasteiger partial charge in [0.05, 0.1) is 53.7 Å². The number of ether oxygens (including phenoxy) is 9. The first kappa shape index (κ1) is 61.6. The van der Waals surface area contributed by atoms with E-state index in [1.54, 1.807) is 38.5 Å². The summed E-state index contributed by atoms with van der Waals surface area (Å²) in [5.74, 6) is -3.82. The Morgan fingerprint density at radius 2 is 1.62 bits per heavy atom. The Morgan fingerprint density at radius 3 is 2.24 bits per heavy atom. The smallest absolute Gasteiger partial charge is 0.477 e. The molecular weight excluding hydrogens is 1010 g/mol. The molecule has 5 saturated heterocycles. The maximum atomic E-state index is 14.9. The van der Waals surface area contributed by atoms with Crippen molar-refractivity contribution in [1.29, 1.82) is 0 Å². The number of aromatic carboxylic acids is 1. The highest BCUT2D eigenvalue weighted by Crippen LogP contribution is 2.42. The number of cyclic esters (lactones) is 1. The quantitative estimate of drug-likeness (QED) is 0.212. The number of fused-ring (bicyclic) bond motifs is 2. The summed E-state index contributed by atoms with van der Waals surface area (Å²) in [4.78, 5) is 61.4. The topological polar surface area (TPSA) is 230 Å². The van der Waals surface area contributed by atoms with Crippen LogP contribution in [0.2, 0.25) is 0 Å². The molecule has 440 valence electrons. The Kier molecular flexibility index (Phi) is 19.8. The van der Waals surface area contributed by atoms with Crippen molar-refractivity contribution in [3.63, 3.8) is 0 Å². The maximum Gasteiger partial charge on any atom is 0.509 e. The predicted molar refractivity (Wildman–Crippen MR) is 291 cm³/mol. The second-order valence-electron chi connectivity index (χ2n) is 23.9. The van der Waals surface area contributed by atoms with E-state index in [1.807, 2.05) is 93.6 Å². The summed E-state index contributed by atoms with van der Waals surface area (Å²) >= 11 is 0. The zero-order valence-corrected chi connectivity index (χ0v) is 48.8. The van der Waals surface area contributed by atoms with Gasteiger partial charge in [-0.05, 0) is 120 Å². The maximum absolute atomic E-state index is 14.9. The standard InChI is InChI=1S/C57H91N5O16/c1-16-43-57(11)49(77-54(68)78-57)36(7)59(14)30-32(3)28-55(9,69)48(76-53-46(64)42(58(12)13)26-33(4)72-53)34(5)47(35(6)52(67)74-43)75-44-29-56(10,70-15)50(37(8)73-44)71-25-24-60-20-22-62(23-21-60)38-18-19-41-39(27-38)45(63)40(51(65)66)31-61(41)17-2/h18-19,27,31-37,42-44,46-50,53,64,69H,16-17,20-26,28-30H2,1-15H3,(H,65,66)/t32-,33-,34+,35-,36-,37+,42+,43-,44+,46-,47+,48-,49-,50+,53+,55-,56-,57-/m1/s1. The average molecular weight is 1100 g/mol. The van der Waals surface area contributed by atoms with Crippen LogP contribution in [0, 0.1) is 17.8 Å². The molecular formula is C57H91N5O16. The third-order valence-electron chi connectivity index (χ3n) is 17.7. The van der Waals surface area contributed by atoms with Crippen LogP contribution in [0.3, 0.4) is 0 Å². The van der Waals surface area contributed by atoms with Crippen LogP contribution in [0.15, 0.2) is 29.2 Å². The number of methoxy groups -OCH3 is 1. The van der Waals surface area contributed by atoms with E-state index < -0.39 is 107 Å². The summed E-state index contributed by atoms with van der Waals surface area (Å²) in [5.41, 5.74) is -3.05. The fourth-order valence-corrected chi connectivity index (χ4v) is 13.2. The van der Waals surface area contributed by atoms with E-state index in [1.165, 1.54) is 6.20 Å². The molecule has 0 bridgehead atoms. The Balaban J connectivity index is 1.10. The molecule has 6 heterocycles. The Bertz CT molecular complexity index is 2450. The fraction of sp³-hybridized carbons (Fsp3) is 0.789. The molecule has 21 nitrogen and oxygen atoms in total. The van der Waals surface area contributed by atoms with Crippen LogP contribution in [0.25, 0.3) is 10.9 Å². The zero-order valence-electron chi connectivity index (χ0n) is 48.8. The van der Waals surface area contributed by atoms with Crippen LogP contribution in [0.1, 0.15) is 112 Å². The molecule has 0 amide bonds. The van der Waals surface area contributed by atoms with E-state index in [9.17, 15) is 34.5 Å². The van der Waals surface area contributed by atoms with Gasteiger partial charge in [-0.1, -0.05) is 20.8 Å². The van der Waals surface area contributed by atoms with Crippen molar-refractivity contribution in [2.24, 2.45) is 17.8 Å². The van der Waals surface area contributed by atoms with E-state index in [0.717, 1.165) is 18.8 Å². The highest BCUT2D eigenvalue weighted by molar-refractivity contribution is 5.93. The lowest BCUT2D eigenvalue weighted by Crippen LogP contribution is -2.61. The molecule has 0 radical (unpaired) electrons. The van der Waals surface area contributed by atoms with Crippen molar-refractivity contribution in [1.82, 2.24) is 19.3 Å². The SMILES string of the molecule is CC[C@H]1OC(=O)[C@H](C)[C@@H](O[C@H]2C[C@@](C)(OC)[C@@H](OCCN3CCN(c4ccc5c(c4)c(=O)c(C(=O)O)cn5CC)CC3)[C@H](C)O2)[C@H](C)[C@@H](O[C@@H]2O[C@H](C)C[C@H](N(C)C)[C@H]2O)[C@](C)(O)C[C@@H](C)CN(C)[C@H](C)[C@H]2OC(=O)O[C@@]21C. The number of aryl methyl sites for hydroxylation is 1. The first-order chi connectivity index (χ1) is 36.7. The molecule has 18 atom stereocenters. The van der Waals surface area contributed by atoms with E-state index in [0.29, 0.717) is 63.1 Å². The van der Waals surface area contributed by atoms with E-state index in [2.05, 4.69) is 14.7 Å². The predicted octanol–water partition coefficient (Wildman–Crippen LogP) is 4.96. The molecule has 2 aromatic rings. The monoisotopic (exact) mass is 1100 g/mol. The number of carbonyl (C=O) groups is 3. The molecule has 5 aliphatic rings. The molecule has 0 aliphatic carbocycles. The summed E-state index contributed by atoms with van der Waals surface area (Å²) in [5, 5.41) is 34.8. The number of carboxylic acid groups (broad SMARTS) is 1. The highest BCUT2D eigenvalue weighted by Gasteiger charge is 2.58. The number of aliphatic hydroxyl groups is 2. The molecule has 1 aromatic carbocycles. The number of aliphatic hydroxyl groups excluding tert-OH is 1. The number of nitrogens with zero attached hydrogens (tertiary/aromatic N) is 5. The van der Waals surface area contributed by atoms with Crippen molar-refractivity contribution >= 4 is 34.7 Å². The van der Waals surface area contributed by atoms with Crippen LogP contribution in [0.4, 0.5) is 10.5 Å². The second-order valence-corrected chi connectivity index (χ2v) is 23.9. The van der Waals surface area contributed by atoms with Crippen molar-refractivity contribution in [2.45, 2.75) is 199 Å². The van der Waals surface area contributed by atoms with Gasteiger partial charge in [-0.25, -0.2) is 9.59 Å². The number of aromatic nitrogens is 1. The summed E-state index contributed by atoms with van der Waals surface area (Å²) in [6.45, 7) is 25.4. The molecule has 78 heavy (non-hydrogen) atoms. The molecule has 0 spiro atoms. The van der Waals surface area contributed by atoms with Gasteiger partial charge in [-0.2, -0.15) is 0 Å². The number of rotatable bonds is 14. The van der Waals surface area contributed by atoms with Crippen molar-refractivity contribution in [2.75, 3.05) is 79.0 Å². The Labute approximate surface area is 460 Å². The number of pyridine rings is 1. The number of carbonyl (C=O) groups excluding carboxylic acids is 2. The Morgan fingerprint density at radius 1 is 0.923 bits per heavy atom. The van der Waals surface area contributed by atoms with Crippen molar-refractivity contribution < 1.29 is 72.3 Å². The van der Waals surface area contributed by atoms with Crippen LogP contribution in [-0.4, -0.2) is 217 Å². The van der Waals surface area contributed by atoms with Gasteiger partial charge < -0.3 is 72.3 Å². The number of benzene rings is 1. The minimum Gasteiger partial charge on any atom is -0.477 e. The van der Waals surface area contributed by atoms with Gasteiger partial charge in [0.2, 0.25) is 5.43 Å². The number of piperazine rings is 1. The second kappa shape index (κ2) is 25.0. The molecule has 5 aliphatic heterocycles. The van der Waals surface area contributed by atoms with Gasteiger partial charge in [0.15, 0.2) is 24.3 Å². The molecule has 5 fully saturated rings. The number of esters is 1. The van der Waals surface area contributed by atoms with Crippen molar-refractivity contribution in [3.8, 4) is 0 Å². The van der Waals surface area contributed by atoms with E-state index in [4.69, 9.17) is 42.6 Å². The van der Waals surface area contributed by atoms with Gasteiger partial charge in [-0.15, -0.1) is 0 Å². The minimum absolute atomic E-state index is 0.149. The normalized spacial score (nSPS) is 39.0.